The highest BCUT2D eigenvalue weighted by molar-refractivity contribution is 7.47. The van der Waals surface area contributed by atoms with Gasteiger partial charge in [-0.3, -0.25) is 13.8 Å². The van der Waals surface area contributed by atoms with Crippen LogP contribution in [0.3, 0.4) is 0 Å². The van der Waals surface area contributed by atoms with Crippen molar-refractivity contribution in [3.63, 3.8) is 0 Å². The van der Waals surface area contributed by atoms with E-state index >= 15 is 0 Å². The molecule has 0 aliphatic carbocycles. The molecule has 306 valence electrons. The molecule has 3 N–H and O–H groups in total. The van der Waals surface area contributed by atoms with Gasteiger partial charge in [0, 0.05) is 19.6 Å². The van der Waals surface area contributed by atoms with Gasteiger partial charge in [-0.1, -0.05) is 206 Å². The second kappa shape index (κ2) is 40.7. The molecule has 0 aliphatic rings. The van der Waals surface area contributed by atoms with Gasteiger partial charge < -0.3 is 20.1 Å². The van der Waals surface area contributed by atoms with Gasteiger partial charge in [0.05, 0.1) is 19.8 Å². The van der Waals surface area contributed by atoms with Crippen LogP contribution < -0.4 is 5.73 Å². The molecule has 2 atom stereocenters. The van der Waals surface area contributed by atoms with Crippen molar-refractivity contribution >= 4 is 13.8 Å². The Kier molecular flexibility index (Phi) is 40.3. The lowest BCUT2D eigenvalue weighted by atomic mass is 10.0. The molecule has 0 aliphatic heterocycles. The van der Waals surface area contributed by atoms with Crippen molar-refractivity contribution in [3.8, 4) is 0 Å². The molecular weight excluding hydrogens is 661 g/mol. The number of carbonyl (C=O) groups excluding carboxylic acids is 1. The number of nitrogens with two attached hydrogens (primary N) is 1. The Morgan fingerprint density at radius 3 is 1.24 bits per heavy atom. The Balaban J connectivity index is 3.96. The number of phosphoric acid groups is 1. The average Bonchev–Trinajstić information content (AvgIpc) is 3.12. The lowest BCUT2D eigenvalue weighted by Crippen LogP contribution is -2.28. The quantitative estimate of drug-likeness (QED) is 0.0360. The zero-order chi connectivity index (χ0) is 37.4. The lowest BCUT2D eigenvalue weighted by molar-refractivity contribution is -0.154. The van der Waals surface area contributed by atoms with Gasteiger partial charge in [0.25, 0.3) is 0 Å². The molecule has 8 nitrogen and oxygen atoms in total. The highest BCUT2D eigenvalue weighted by atomic mass is 31.2. The molecule has 0 radical (unpaired) electrons. The van der Waals surface area contributed by atoms with E-state index in [0.717, 1.165) is 32.1 Å². The Morgan fingerprint density at radius 1 is 0.510 bits per heavy atom. The topological polar surface area (TPSA) is 117 Å². The van der Waals surface area contributed by atoms with E-state index in [1.807, 2.05) is 0 Å². The molecule has 0 aromatic carbocycles. The number of carbonyl (C=O) groups is 1. The number of ether oxygens (including phenoxy) is 2. The zero-order valence-corrected chi connectivity index (χ0v) is 34.8. The van der Waals surface area contributed by atoms with E-state index in [9.17, 15) is 14.3 Å². The fourth-order valence-electron chi connectivity index (χ4n) is 6.53. The second-order valence-corrected chi connectivity index (χ2v) is 16.4. The summed E-state index contributed by atoms with van der Waals surface area (Å²) in [5, 5.41) is 0. The van der Waals surface area contributed by atoms with Crippen LogP contribution in [0.4, 0.5) is 0 Å². The van der Waals surface area contributed by atoms with Gasteiger partial charge in [0.2, 0.25) is 0 Å². The predicted molar refractivity (Wildman–Crippen MR) is 215 cm³/mol. The fourth-order valence-corrected chi connectivity index (χ4v) is 7.29. The predicted octanol–water partition coefficient (Wildman–Crippen LogP) is 12.9. The van der Waals surface area contributed by atoms with Crippen LogP contribution in [0.25, 0.3) is 0 Å². The molecule has 0 aromatic heterocycles. The van der Waals surface area contributed by atoms with Crippen molar-refractivity contribution in [2.75, 3.05) is 33.0 Å². The third-order valence-electron chi connectivity index (χ3n) is 9.77. The number of rotatable bonds is 43. The van der Waals surface area contributed by atoms with E-state index in [4.69, 9.17) is 24.3 Å². The summed E-state index contributed by atoms with van der Waals surface area (Å²) in [6.07, 6.45) is 41.1. The summed E-state index contributed by atoms with van der Waals surface area (Å²) in [4.78, 5) is 22.5. The highest BCUT2D eigenvalue weighted by Crippen LogP contribution is 2.43. The van der Waals surface area contributed by atoms with Crippen LogP contribution in [0.5, 0.6) is 0 Å². The number of unbranched alkanes of at least 4 members (excludes halogenated alkanes) is 30. The minimum atomic E-state index is -4.27. The molecule has 0 heterocycles. The summed E-state index contributed by atoms with van der Waals surface area (Å²) in [6, 6.07) is 0. The summed E-state index contributed by atoms with van der Waals surface area (Å²) in [6.45, 7) is 4.99. The van der Waals surface area contributed by atoms with Crippen molar-refractivity contribution in [3.05, 3.63) is 0 Å². The Bertz CT molecular complexity index is 757. The standard InChI is InChI=1S/C42H86NO7P/c1-3-5-7-9-11-13-15-17-19-20-21-23-25-27-29-31-33-35-42(44)50-41(40-49-51(45,46)48-38-36-43)39-47-37-34-32-30-28-26-24-22-18-16-14-12-10-8-6-4-2/h41H,3-40,43H2,1-2H3,(H,45,46). The SMILES string of the molecule is CCCCCCCCCCCCCCCCCCCC(=O)OC(COCCCCCCCCCCCCCCCCC)COP(=O)(O)OCCN. The monoisotopic (exact) mass is 748 g/mol. The Hall–Kier alpha value is -0.500. The third-order valence-corrected chi connectivity index (χ3v) is 10.8. The molecule has 0 saturated carbocycles. The molecule has 0 aromatic rings. The van der Waals surface area contributed by atoms with Gasteiger partial charge in [-0.15, -0.1) is 0 Å². The maximum atomic E-state index is 12.6. The summed E-state index contributed by atoms with van der Waals surface area (Å²) in [7, 11) is -4.27. The minimum absolute atomic E-state index is 0.0900. The van der Waals surface area contributed by atoms with Gasteiger partial charge in [-0.25, -0.2) is 4.57 Å². The molecule has 0 spiro atoms. The number of hydrogen-bond donors (Lipinski definition) is 2. The van der Waals surface area contributed by atoms with E-state index in [1.54, 1.807) is 0 Å². The van der Waals surface area contributed by atoms with Crippen LogP contribution in [-0.2, 0) is 27.9 Å². The van der Waals surface area contributed by atoms with E-state index in [-0.39, 0.29) is 32.3 Å². The smallest absolute Gasteiger partial charge is 0.457 e. The van der Waals surface area contributed by atoms with Crippen molar-refractivity contribution in [2.24, 2.45) is 5.73 Å². The maximum absolute atomic E-state index is 12.6. The van der Waals surface area contributed by atoms with Gasteiger partial charge in [-0.05, 0) is 12.8 Å². The van der Waals surface area contributed by atoms with Gasteiger partial charge >= 0.3 is 13.8 Å². The van der Waals surface area contributed by atoms with Crippen LogP contribution in [0.2, 0.25) is 0 Å². The largest absolute Gasteiger partial charge is 0.472 e. The molecule has 51 heavy (non-hydrogen) atoms. The molecule has 0 amide bonds. The zero-order valence-electron chi connectivity index (χ0n) is 33.9. The maximum Gasteiger partial charge on any atom is 0.472 e. The Morgan fingerprint density at radius 2 is 0.863 bits per heavy atom. The van der Waals surface area contributed by atoms with Crippen LogP contribution in [0.1, 0.15) is 226 Å². The van der Waals surface area contributed by atoms with Crippen LogP contribution in [0.15, 0.2) is 0 Å². The van der Waals surface area contributed by atoms with E-state index in [0.29, 0.717) is 13.0 Å². The van der Waals surface area contributed by atoms with Crippen molar-refractivity contribution in [1.29, 1.82) is 0 Å². The van der Waals surface area contributed by atoms with Gasteiger partial charge in [0.15, 0.2) is 0 Å². The van der Waals surface area contributed by atoms with Crippen molar-refractivity contribution < 1.29 is 32.8 Å². The number of esters is 1. The summed E-state index contributed by atoms with van der Waals surface area (Å²) in [5.74, 6) is -0.323. The van der Waals surface area contributed by atoms with Gasteiger partial charge in [0.1, 0.15) is 6.10 Å². The Labute approximate surface area is 316 Å². The first-order valence-corrected chi connectivity index (χ1v) is 23.5. The first-order valence-electron chi connectivity index (χ1n) is 22.0. The number of hydrogen-bond acceptors (Lipinski definition) is 7. The lowest BCUT2D eigenvalue weighted by Gasteiger charge is -2.20. The number of phosphoric ester groups is 1. The average molecular weight is 748 g/mol. The minimum Gasteiger partial charge on any atom is -0.457 e. The van der Waals surface area contributed by atoms with Crippen LogP contribution in [-0.4, -0.2) is 49.9 Å². The summed E-state index contributed by atoms with van der Waals surface area (Å²) < 4.78 is 33.4. The molecule has 0 saturated heterocycles. The first kappa shape index (κ1) is 50.5. The first-order chi connectivity index (χ1) is 24.9. The molecule has 9 heteroatoms. The van der Waals surface area contributed by atoms with Crippen LogP contribution >= 0.6 is 7.82 Å². The highest BCUT2D eigenvalue weighted by Gasteiger charge is 2.25. The van der Waals surface area contributed by atoms with Gasteiger partial charge in [-0.2, -0.15) is 0 Å². The van der Waals surface area contributed by atoms with Crippen molar-refractivity contribution in [1.82, 2.24) is 0 Å². The van der Waals surface area contributed by atoms with E-state index in [2.05, 4.69) is 13.8 Å². The fraction of sp³-hybridized carbons (Fsp3) is 0.976. The van der Waals surface area contributed by atoms with E-state index < -0.39 is 13.9 Å². The van der Waals surface area contributed by atoms with E-state index in [1.165, 1.54) is 173 Å². The van der Waals surface area contributed by atoms with Crippen molar-refractivity contribution in [2.45, 2.75) is 232 Å². The molecule has 0 fully saturated rings. The summed E-state index contributed by atoms with van der Waals surface area (Å²) >= 11 is 0. The summed E-state index contributed by atoms with van der Waals surface area (Å²) in [5.41, 5.74) is 5.37. The molecule has 0 rings (SSSR count). The molecular formula is C42H86NO7P. The normalized spacial score (nSPS) is 13.4. The molecule has 2 unspecified atom stereocenters. The van der Waals surface area contributed by atoms with Crippen LogP contribution in [0, 0.1) is 0 Å². The third kappa shape index (κ3) is 40.5. The molecule has 0 bridgehead atoms. The second-order valence-electron chi connectivity index (χ2n) is 14.9.